The van der Waals surface area contributed by atoms with E-state index in [4.69, 9.17) is 33.2 Å². The van der Waals surface area contributed by atoms with Crippen molar-refractivity contribution in [3.05, 3.63) is 47.0 Å². The normalized spacial score (nSPS) is 15.2. The maximum absolute atomic E-state index is 12.5. The Labute approximate surface area is 181 Å². The molecule has 0 bridgehead atoms. The lowest BCUT2D eigenvalue weighted by atomic mass is 10.0. The molecule has 0 saturated carbocycles. The van der Waals surface area contributed by atoms with Crippen molar-refractivity contribution in [3.63, 3.8) is 0 Å². The van der Waals surface area contributed by atoms with E-state index in [1.165, 1.54) is 14.2 Å². The number of carbonyl (C=O) groups excluding carboxylic acids is 1. The molecule has 1 unspecified atom stereocenters. The van der Waals surface area contributed by atoms with Crippen LogP contribution in [0.25, 0.3) is 5.76 Å². The molecule has 0 radical (unpaired) electrons. The van der Waals surface area contributed by atoms with E-state index >= 15 is 0 Å². The van der Waals surface area contributed by atoms with Crippen LogP contribution < -0.4 is 23.7 Å². The molecule has 0 fully saturated rings. The van der Waals surface area contributed by atoms with Gasteiger partial charge in [0.05, 0.1) is 48.2 Å². The van der Waals surface area contributed by atoms with E-state index in [2.05, 4.69) is 0 Å². The van der Waals surface area contributed by atoms with E-state index in [0.29, 0.717) is 52.1 Å². The minimum absolute atomic E-state index is 0.314. The van der Waals surface area contributed by atoms with Gasteiger partial charge < -0.3 is 33.2 Å². The summed E-state index contributed by atoms with van der Waals surface area (Å²) in [6.07, 6.45) is -0.138. The van der Waals surface area contributed by atoms with Gasteiger partial charge in [-0.05, 0) is 30.3 Å². The fraction of sp³-hybridized carbons (Fsp3) is 0.348. The van der Waals surface area contributed by atoms with Gasteiger partial charge in [0.15, 0.2) is 23.0 Å². The first kappa shape index (κ1) is 22.1. The molecule has 8 heteroatoms. The van der Waals surface area contributed by atoms with E-state index in [9.17, 15) is 4.79 Å². The molecule has 0 aromatic heterocycles. The molecule has 8 nitrogen and oxygen atoms in total. The van der Waals surface area contributed by atoms with E-state index in [1.54, 1.807) is 58.8 Å². The average molecular weight is 430 g/mol. The predicted molar refractivity (Wildman–Crippen MR) is 113 cm³/mol. The third-order valence-electron chi connectivity index (χ3n) is 5.06. The van der Waals surface area contributed by atoms with Crippen LogP contribution in [0, 0.1) is 0 Å². The molecule has 0 N–H and O–H groups in total. The van der Waals surface area contributed by atoms with Crippen LogP contribution in [0.3, 0.4) is 0 Å². The summed E-state index contributed by atoms with van der Waals surface area (Å²) < 4.78 is 38.2. The Morgan fingerprint density at radius 2 is 1.42 bits per heavy atom. The van der Waals surface area contributed by atoms with Gasteiger partial charge in [0, 0.05) is 17.5 Å². The van der Waals surface area contributed by atoms with Crippen molar-refractivity contribution in [1.29, 1.82) is 0 Å². The predicted octanol–water partition coefficient (Wildman–Crippen LogP) is 3.78. The summed E-state index contributed by atoms with van der Waals surface area (Å²) in [6, 6.07) is 8.93. The van der Waals surface area contributed by atoms with Crippen molar-refractivity contribution in [2.45, 2.75) is 12.5 Å². The lowest BCUT2D eigenvalue weighted by Gasteiger charge is -2.18. The first-order valence-corrected chi connectivity index (χ1v) is 9.51. The lowest BCUT2D eigenvalue weighted by molar-refractivity contribution is -0.136. The Kier molecular flexibility index (Phi) is 6.79. The fourth-order valence-electron chi connectivity index (χ4n) is 3.53. The highest BCUT2D eigenvalue weighted by Crippen LogP contribution is 2.46. The monoisotopic (exact) mass is 430 g/mol. The van der Waals surface area contributed by atoms with E-state index in [1.807, 2.05) is 0 Å². The summed E-state index contributed by atoms with van der Waals surface area (Å²) in [5, 5.41) is 0. The number of methoxy groups -OCH3 is 6. The number of carbonyl (C=O) groups is 1. The van der Waals surface area contributed by atoms with Gasteiger partial charge in [-0.1, -0.05) is 0 Å². The Morgan fingerprint density at radius 1 is 0.806 bits per heavy atom. The van der Waals surface area contributed by atoms with E-state index in [-0.39, 0.29) is 0 Å². The molecular weight excluding hydrogens is 404 g/mol. The van der Waals surface area contributed by atoms with E-state index < -0.39 is 12.1 Å². The van der Waals surface area contributed by atoms with Gasteiger partial charge in [-0.15, -0.1) is 0 Å². The van der Waals surface area contributed by atoms with Crippen LogP contribution in [0.4, 0.5) is 0 Å². The zero-order valence-corrected chi connectivity index (χ0v) is 18.4. The molecule has 166 valence electrons. The smallest absolute Gasteiger partial charge is 0.337 e. The number of hydrogen-bond acceptors (Lipinski definition) is 8. The summed E-state index contributed by atoms with van der Waals surface area (Å²) in [4.78, 5) is 12.5. The summed E-state index contributed by atoms with van der Waals surface area (Å²) in [5.74, 6) is 2.54. The minimum atomic E-state index is -0.459. The van der Waals surface area contributed by atoms with Gasteiger partial charge in [0.2, 0.25) is 5.75 Å². The average Bonchev–Trinajstić information content (AvgIpc) is 3.27. The second kappa shape index (κ2) is 9.51. The number of ether oxygens (including phenoxy) is 7. The fourth-order valence-corrected chi connectivity index (χ4v) is 3.53. The summed E-state index contributed by atoms with van der Waals surface area (Å²) in [5.41, 5.74) is 1.87. The van der Waals surface area contributed by atoms with Crippen LogP contribution in [-0.2, 0) is 14.3 Å². The third-order valence-corrected chi connectivity index (χ3v) is 5.06. The second-order valence-corrected chi connectivity index (χ2v) is 6.64. The Balaban J connectivity index is 2.03. The van der Waals surface area contributed by atoms with Crippen molar-refractivity contribution < 1.29 is 38.0 Å². The summed E-state index contributed by atoms with van der Waals surface area (Å²) >= 11 is 0. The highest BCUT2D eigenvalue weighted by Gasteiger charge is 2.34. The SMILES string of the molecule is COC(=O)C1=C(c2ccc(OC)c(OC)c2)OC(c2cc(OC)c(OC)c(OC)c2)C1. The molecule has 2 aromatic carbocycles. The van der Waals surface area contributed by atoms with Crippen molar-refractivity contribution in [1.82, 2.24) is 0 Å². The first-order chi connectivity index (χ1) is 15.0. The summed E-state index contributed by atoms with van der Waals surface area (Å²) in [7, 11) is 9.08. The number of rotatable bonds is 8. The second-order valence-electron chi connectivity index (χ2n) is 6.64. The molecule has 0 amide bonds. The molecule has 31 heavy (non-hydrogen) atoms. The number of esters is 1. The van der Waals surface area contributed by atoms with Crippen LogP contribution in [0.5, 0.6) is 28.7 Å². The largest absolute Gasteiger partial charge is 0.493 e. The topological polar surface area (TPSA) is 81.7 Å². The quantitative estimate of drug-likeness (QED) is 0.586. The van der Waals surface area contributed by atoms with Crippen molar-refractivity contribution in [2.75, 3.05) is 42.7 Å². The molecule has 3 rings (SSSR count). The Morgan fingerprint density at radius 3 is 1.94 bits per heavy atom. The van der Waals surface area contributed by atoms with Gasteiger partial charge in [0.25, 0.3) is 0 Å². The molecule has 1 heterocycles. The van der Waals surface area contributed by atoms with Gasteiger partial charge in [-0.25, -0.2) is 4.79 Å². The van der Waals surface area contributed by atoms with Gasteiger partial charge in [0.1, 0.15) is 11.9 Å². The van der Waals surface area contributed by atoms with Gasteiger partial charge in [-0.2, -0.15) is 0 Å². The highest BCUT2D eigenvalue weighted by molar-refractivity contribution is 5.97. The molecule has 1 aliphatic rings. The van der Waals surface area contributed by atoms with Crippen LogP contribution in [-0.4, -0.2) is 48.6 Å². The molecular formula is C23H26O8. The van der Waals surface area contributed by atoms with Crippen molar-refractivity contribution in [2.24, 2.45) is 0 Å². The van der Waals surface area contributed by atoms with E-state index in [0.717, 1.165) is 5.56 Å². The molecule has 0 saturated heterocycles. The minimum Gasteiger partial charge on any atom is -0.493 e. The summed E-state index contributed by atoms with van der Waals surface area (Å²) in [6.45, 7) is 0. The zero-order chi connectivity index (χ0) is 22.5. The van der Waals surface area contributed by atoms with Crippen LogP contribution in [0.1, 0.15) is 23.7 Å². The molecule has 1 atom stereocenters. The zero-order valence-electron chi connectivity index (χ0n) is 18.4. The highest BCUT2D eigenvalue weighted by atomic mass is 16.5. The van der Waals surface area contributed by atoms with Crippen molar-refractivity contribution >= 4 is 11.7 Å². The maximum Gasteiger partial charge on any atom is 0.337 e. The lowest BCUT2D eigenvalue weighted by Crippen LogP contribution is -2.05. The number of benzene rings is 2. The van der Waals surface area contributed by atoms with Gasteiger partial charge in [-0.3, -0.25) is 0 Å². The third kappa shape index (κ3) is 4.19. The van der Waals surface area contributed by atoms with Crippen LogP contribution >= 0.6 is 0 Å². The van der Waals surface area contributed by atoms with Crippen LogP contribution in [0.15, 0.2) is 35.9 Å². The molecule has 2 aromatic rings. The first-order valence-electron chi connectivity index (χ1n) is 9.51. The number of hydrogen-bond donors (Lipinski definition) is 0. The Bertz CT molecular complexity index is 970. The molecule has 1 aliphatic heterocycles. The van der Waals surface area contributed by atoms with Crippen molar-refractivity contribution in [3.8, 4) is 28.7 Å². The van der Waals surface area contributed by atoms with Gasteiger partial charge >= 0.3 is 5.97 Å². The molecule has 0 aliphatic carbocycles. The Hall–Kier alpha value is -3.55. The van der Waals surface area contributed by atoms with Crippen LogP contribution in [0.2, 0.25) is 0 Å². The standard InChI is InChI=1S/C23H26O8/c1-25-16-8-7-13(9-18(16)26-2)21-15(23(24)30-6)12-17(31-21)14-10-19(27-3)22(29-5)20(11-14)28-4/h7-11,17H,12H2,1-6H3. The molecule has 0 spiro atoms. The maximum atomic E-state index is 12.5.